The lowest BCUT2D eigenvalue weighted by molar-refractivity contribution is 0.428. The lowest BCUT2D eigenvalue weighted by Crippen LogP contribution is -1.80. The summed E-state index contributed by atoms with van der Waals surface area (Å²) in [5.74, 6) is 1.22. The maximum atomic E-state index is 5.53. The summed E-state index contributed by atoms with van der Waals surface area (Å²) in [5.41, 5.74) is 0.807. The Morgan fingerprint density at radius 1 is 1.54 bits per heavy atom. The van der Waals surface area contributed by atoms with Crippen LogP contribution in [0.5, 0.6) is 0 Å². The molecule has 0 unspecified atom stereocenters. The van der Waals surface area contributed by atoms with Crippen LogP contribution in [0, 0.1) is 0 Å². The van der Waals surface area contributed by atoms with E-state index in [1.165, 1.54) is 0 Å². The molecule has 0 radical (unpaired) electrons. The highest BCUT2D eigenvalue weighted by atomic mass is 35.5. The topological polar surface area (TPSA) is 52.1 Å². The Morgan fingerprint density at radius 3 is 3.00 bits per heavy atom. The third kappa shape index (κ3) is 1.45. The fourth-order valence-electron chi connectivity index (χ4n) is 1.12. The zero-order valence-corrected chi connectivity index (χ0v) is 7.71. The highest BCUT2D eigenvalue weighted by molar-refractivity contribution is 6.28. The summed E-state index contributed by atoms with van der Waals surface area (Å²) >= 11 is 5.53. The number of rotatable bonds is 2. The van der Waals surface area contributed by atoms with Crippen molar-refractivity contribution in [1.29, 1.82) is 0 Å². The van der Waals surface area contributed by atoms with E-state index < -0.39 is 0 Å². The minimum atomic E-state index is 0.109. The van der Waals surface area contributed by atoms with Gasteiger partial charge in [-0.1, -0.05) is 6.92 Å². The second kappa shape index (κ2) is 3.22. The smallest absolute Gasteiger partial charge is 0.264 e. The molecule has 0 fully saturated rings. The molecule has 2 aromatic heterocycles. The van der Waals surface area contributed by atoms with Crippen LogP contribution in [0.15, 0.2) is 21.3 Å². The summed E-state index contributed by atoms with van der Waals surface area (Å²) in [6.07, 6.45) is 2.37. The van der Waals surface area contributed by atoms with Crippen molar-refractivity contribution in [2.24, 2.45) is 0 Å². The van der Waals surface area contributed by atoms with Crippen LogP contribution in [0.3, 0.4) is 0 Å². The lowest BCUT2D eigenvalue weighted by Gasteiger charge is -1.91. The lowest BCUT2D eigenvalue weighted by atomic mass is 10.2. The summed E-state index contributed by atoms with van der Waals surface area (Å²) in [6.45, 7) is 1.99. The molecule has 0 aromatic carbocycles. The maximum Gasteiger partial charge on any atom is 0.264 e. The molecule has 68 valence electrons. The van der Waals surface area contributed by atoms with Gasteiger partial charge < -0.3 is 8.94 Å². The van der Waals surface area contributed by atoms with Crippen LogP contribution in [0.4, 0.5) is 0 Å². The number of hydrogen-bond acceptors (Lipinski definition) is 4. The predicted octanol–water partition coefficient (Wildman–Crippen LogP) is 2.55. The number of aromatic nitrogens is 2. The molecule has 0 spiro atoms. The van der Waals surface area contributed by atoms with E-state index in [9.17, 15) is 0 Å². The zero-order chi connectivity index (χ0) is 9.26. The molecule has 0 saturated heterocycles. The standard InChI is InChI=1S/C8H7ClN2O2/c1-2-6-5(3-4-12-6)7-10-8(9)11-13-7/h3-4H,2H2,1H3. The second-order valence-corrected chi connectivity index (χ2v) is 2.82. The highest BCUT2D eigenvalue weighted by Crippen LogP contribution is 2.24. The van der Waals surface area contributed by atoms with Gasteiger partial charge in [0.2, 0.25) is 0 Å². The number of nitrogens with zero attached hydrogens (tertiary/aromatic N) is 2. The Bertz CT molecular complexity index is 408. The highest BCUT2D eigenvalue weighted by Gasteiger charge is 2.13. The van der Waals surface area contributed by atoms with Gasteiger partial charge in [0.15, 0.2) is 0 Å². The molecule has 2 heterocycles. The Morgan fingerprint density at radius 2 is 2.38 bits per heavy atom. The average molecular weight is 199 g/mol. The number of furan rings is 1. The van der Waals surface area contributed by atoms with E-state index in [4.69, 9.17) is 20.5 Å². The Hall–Kier alpha value is -1.29. The molecule has 0 saturated carbocycles. The molecule has 13 heavy (non-hydrogen) atoms. The van der Waals surface area contributed by atoms with Crippen molar-refractivity contribution in [3.63, 3.8) is 0 Å². The normalized spacial score (nSPS) is 10.6. The van der Waals surface area contributed by atoms with Crippen molar-refractivity contribution in [2.45, 2.75) is 13.3 Å². The molecule has 0 amide bonds. The van der Waals surface area contributed by atoms with Gasteiger partial charge in [-0.2, -0.15) is 4.98 Å². The predicted molar refractivity (Wildman–Crippen MR) is 46.4 cm³/mol. The van der Waals surface area contributed by atoms with Crippen LogP contribution in [-0.2, 0) is 6.42 Å². The van der Waals surface area contributed by atoms with Gasteiger partial charge in [-0.3, -0.25) is 0 Å². The molecule has 2 aromatic rings. The molecule has 0 aliphatic heterocycles. The van der Waals surface area contributed by atoms with Crippen molar-refractivity contribution in [2.75, 3.05) is 0 Å². The van der Waals surface area contributed by atoms with Crippen LogP contribution in [0.2, 0.25) is 5.28 Å². The molecule has 0 aliphatic carbocycles. The Kier molecular flexibility index (Phi) is 2.06. The van der Waals surface area contributed by atoms with E-state index in [-0.39, 0.29) is 5.28 Å². The van der Waals surface area contributed by atoms with E-state index in [0.29, 0.717) is 5.89 Å². The second-order valence-electron chi connectivity index (χ2n) is 2.48. The van der Waals surface area contributed by atoms with E-state index in [0.717, 1.165) is 17.7 Å². The maximum absolute atomic E-state index is 5.53. The summed E-state index contributed by atoms with van der Waals surface area (Å²) in [7, 11) is 0. The van der Waals surface area contributed by atoms with Gasteiger partial charge in [-0.15, -0.1) is 0 Å². The minimum absolute atomic E-state index is 0.109. The van der Waals surface area contributed by atoms with E-state index in [1.807, 2.05) is 6.92 Å². The monoisotopic (exact) mass is 198 g/mol. The van der Waals surface area contributed by atoms with Crippen molar-refractivity contribution in [1.82, 2.24) is 10.1 Å². The summed E-state index contributed by atoms with van der Waals surface area (Å²) in [6, 6.07) is 1.78. The molecule has 0 N–H and O–H groups in total. The SMILES string of the molecule is CCc1occc1-c1nc(Cl)no1. The van der Waals surface area contributed by atoms with E-state index in [1.54, 1.807) is 12.3 Å². The minimum Gasteiger partial charge on any atom is -0.469 e. The van der Waals surface area contributed by atoms with Crippen molar-refractivity contribution in [3.05, 3.63) is 23.4 Å². The fraction of sp³-hybridized carbons (Fsp3) is 0.250. The molecule has 5 heteroatoms. The van der Waals surface area contributed by atoms with Crippen molar-refractivity contribution < 1.29 is 8.94 Å². The number of aryl methyl sites for hydroxylation is 1. The molecule has 0 aliphatic rings. The summed E-state index contributed by atoms with van der Waals surface area (Å²) < 4.78 is 10.1. The first-order valence-electron chi connectivity index (χ1n) is 3.87. The van der Waals surface area contributed by atoms with Gasteiger partial charge in [0.05, 0.1) is 11.8 Å². The molecular weight excluding hydrogens is 192 g/mol. The zero-order valence-electron chi connectivity index (χ0n) is 6.95. The van der Waals surface area contributed by atoms with Crippen LogP contribution in [0.25, 0.3) is 11.5 Å². The van der Waals surface area contributed by atoms with Crippen molar-refractivity contribution in [3.8, 4) is 11.5 Å². The van der Waals surface area contributed by atoms with Crippen LogP contribution < -0.4 is 0 Å². The van der Waals surface area contributed by atoms with E-state index >= 15 is 0 Å². The Labute approximate surface area is 79.5 Å². The Balaban J connectivity index is 2.45. The van der Waals surface area contributed by atoms with Crippen LogP contribution in [-0.4, -0.2) is 10.1 Å². The van der Waals surface area contributed by atoms with Gasteiger partial charge in [0.25, 0.3) is 11.2 Å². The van der Waals surface area contributed by atoms with Crippen LogP contribution >= 0.6 is 11.6 Å². The first-order chi connectivity index (χ1) is 6.31. The van der Waals surface area contributed by atoms with Gasteiger partial charge in [0, 0.05) is 6.42 Å². The van der Waals surface area contributed by atoms with Crippen molar-refractivity contribution >= 4 is 11.6 Å². The third-order valence-electron chi connectivity index (χ3n) is 1.70. The number of halogens is 1. The summed E-state index contributed by atoms with van der Waals surface area (Å²) in [4.78, 5) is 3.89. The number of hydrogen-bond donors (Lipinski definition) is 0. The molecule has 4 nitrogen and oxygen atoms in total. The van der Waals surface area contributed by atoms with E-state index in [2.05, 4.69) is 10.1 Å². The molecule has 0 bridgehead atoms. The molecule has 0 atom stereocenters. The average Bonchev–Trinajstić information content (AvgIpc) is 2.71. The van der Waals surface area contributed by atoms with Gasteiger partial charge >= 0.3 is 0 Å². The van der Waals surface area contributed by atoms with Gasteiger partial charge in [-0.05, 0) is 22.8 Å². The largest absolute Gasteiger partial charge is 0.469 e. The third-order valence-corrected chi connectivity index (χ3v) is 1.85. The first-order valence-corrected chi connectivity index (χ1v) is 4.25. The quantitative estimate of drug-likeness (QED) is 0.744. The van der Waals surface area contributed by atoms with Gasteiger partial charge in [-0.25, -0.2) is 0 Å². The fourth-order valence-corrected chi connectivity index (χ4v) is 1.23. The van der Waals surface area contributed by atoms with Gasteiger partial charge in [0.1, 0.15) is 5.76 Å². The molecular formula is C8H7ClN2O2. The summed E-state index contributed by atoms with van der Waals surface area (Å²) in [5, 5.41) is 3.60. The first kappa shape index (κ1) is 8.31. The van der Waals surface area contributed by atoms with Crippen LogP contribution in [0.1, 0.15) is 12.7 Å². The molecule has 2 rings (SSSR count).